The van der Waals surface area contributed by atoms with Gasteiger partial charge in [-0.2, -0.15) is 5.26 Å². The second kappa shape index (κ2) is 11.1. The van der Waals surface area contributed by atoms with E-state index in [9.17, 15) is 14.9 Å². The van der Waals surface area contributed by atoms with E-state index in [0.29, 0.717) is 29.6 Å². The minimum Gasteiger partial charge on any atom is -0.457 e. The van der Waals surface area contributed by atoms with Crippen LogP contribution in [0.1, 0.15) is 44.4 Å². The number of thioether (sulfide) groups is 1. The Morgan fingerprint density at radius 2 is 2.24 bits per heavy atom. The van der Waals surface area contributed by atoms with Crippen LogP contribution >= 0.6 is 23.4 Å². The number of carbonyl (C=O) groups is 2. The first kappa shape index (κ1) is 23.1. The van der Waals surface area contributed by atoms with Gasteiger partial charge in [0.05, 0.1) is 5.25 Å². The molecule has 1 atom stereocenters. The first-order valence-corrected chi connectivity index (χ1v) is 11.0. The van der Waals surface area contributed by atoms with Gasteiger partial charge in [-0.1, -0.05) is 49.4 Å². The van der Waals surface area contributed by atoms with Gasteiger partial charge >= 0.3 is 5.97 Å². The van der Waals surface area contributed by atoms with Gasteiger partial charge in [-0.25, -0.2) is 4.79 Å². The van der Waals surface area contributed by atoms with Gasteiger partial charge in [0.15, 0.2) is 5.57 Å². The number of amides is 1. The highest BCUT2D eigenvalue weighted by atomic mass is 35.5. The van der Waals surface area contributed by atoms with E-state index in [1.807, 2.05) is 13.0 Å². The third-order valence-electron chi connectivity index (χ3n) is 4.60. The number of aromatic amines is 1. The summed E-state index contributed by atoms with van der Waals surface area (Å²) in [6, 6.07) is 3.95. The number of esters is 1. The van der Waals surface area contributed by atoms with Gasteiger partial charge in [0.2, 0.25) is 5.91 Å². The number of rotatable bonds is 10. The summed E-state index contributed by atoms with van der Waals surface area (Å²) in [4.78, 5) is 29.7. The van der Waals surface area contributed by atoms with Crippen LogP contribution in [0.2, 0.25) is 5.15 Å². The summed E-state index contributed by atoms with van der Waals surface area (Å²) >= 11 is 7.56. The number of unbranched alkanes of at least 4 members (excludes halogenated alkanes) is 1. The lowest BCUT2D eigenvalue weighted by atomic mass is 10.1. The van der Waals surface area contributed by atoms with Crippen molar-refractivity contribution in [2.75, 3.05) is 13.2 Å². The van der Waals surface area contributed by atoms with Crippen molar-refractivity contribution in [3.05, 3.63) is 45.7 Å². The second-order valence-corrected chi connectivity index (χ2v) is 8.21. The summed E-state index contributed by atoms with van der Waals surface area (Å²) in [7, 11) is 0. The minimum atomic E-state index is -0.740. The molecule has 1 N–H and O–H groups in total. The number of aryl methyl sites for hydroxylation is 2. The molecule has 2 heterocycles. The lowest BCUT2D eigenvalue weighted by molar-refractivity contribution is -0.137. The van der Waals surface area contributed by atoms with Gasteiger partial charge in [-0.3, -0.25) is 4.79 Å². The number of H-pyrrole nitrogens is 1. The number of ether oxygens (including phenoxy) is 1. The van der Waals surface area contributed by atoms with E-state index < -0.39 is 5.97 Å². The largest absolute Gasteiger partial charge is 0.457 e. The summed E-state index contributed by atoms with van der Waals surface area (Å²) < 4.78 is 4.99. The lowest BCUT2D eigenvalue weighted by Gasteiger charge is -2.15. The number of carbonyl (C=O) groups excluding carboxylic acids is 2. The Hall–Kier alpha value is -2.17. The van der Waals surface area contributed by atoms with Crippen molar-refractivity contribution in [3.8, 4) is 6.07 Å². The Bertz CT molecular complexity index is 841. The van der Waals surface area contributed by atoms with Crippen molar-refractivity contribution >= 4 is 35.2 Å². The minimum absolute atomic E-state index is 0.0117. The van der Waals surface area contributed by atoms with Crippen LogP contribution in [-0.4, -0.2) is 40.2 Å². The van der Waals surface area contributed by atoms with Gasteiger partial charge in [-0.15, -0.1) is 0 Å². The Labute approximate surface area is 180 Å². The molecule has 0 aliphatic carbocycles. The fraction of sp³-hybridized carbons (Fsp3) is 0.476. The zero-order chi connectivity index (χ0) is 21.4. The first-order chi connectivity index (χ1) is 14.0. The molecule has 0 aromatic carbocycles. The molecule has 0 bridgehead atoms. The van der Waals surface area contributed by atoms with Crippen LogP contribution in [0, 0.1) is 11.3 Å². The van der Waals surface area contributed by atoms with Crippen molar-refractivity contribution in [2.24, 2.45) is 0 Å². The van der Waals surface area contributed by atoms with Gasteiger partial charge in [0.1, 0.15) is 22.9 Å². The molecule has 1 amide bonds. The standard InChI is InChI=1S/C21H26ClN3O3S/c1-4-7-8-15-12-14(18(22)24-15)9-10-17-19(26)25(6-3)20(29-17)16(13-23)21(27)28-11-5-2/h5,12,17,24H,2,4,6-11H2,1,3H3/b20-16-. The van der Waals surface area contributed by atoms with E-state index in [2.05, 4.69) is 24.6 Å². The summed E-state index contributed by atoms with van der Waals surface area (Å²) in [6.07, 6.45) is 5.78. The monoisotopic (exact) mass is 435 g/mol. The van der Waals surface area contributed by atoms with Crippen molar-refractivity contribution in [1.82, 2.24) is 9.88 Å². The molecule has 6 nitrogen and oxygen atoms in total. The molecule has 2 rings (SSSR count). The van der Waals surface area contributed by atoms with Crippen LogP contribution < -0.4 is 0 Å². The first-order valence-electron chi connectivity index (χ1n) is 9.73. The topological polar surface area (TPSA) is 86.2 Å². The predicted molar refractivity (Wildman–Crippen MR) is 115 cm³/mol. The maximum atomic E-state index is 12.8. The summed E-state index contributed by atoms with van der Waals surface area (Å²) in [5.74, 6) is -0.842. The number of nitrogens with zero attached hydrogens (tertiary/aromatic N) is 2. The molecule has 0 radical (unpaired) electrons. The molecule has 1 saturated heterocycles. The van der Waals surface area contributed by atoms with Gasteiger partial charge in [-0.05, 0) is 44.2 Å². The van der Waals surface area contributed by atoms with Gasteiger partial charge in [0, 0.05) is 12.2 Å². The van der Waals surface area contributed by atoms with Crippen molar-refractivity contribution in [2.45, 2.75) is 51.2 Å². The Balaban J connectivity index is 2.13. The molecular weight excluding hydrogens is 410 g/mol. The molecule has 0 spiro atoms. The summed E-state index contributed by atoms with van der Waals surface area (Å²) in [6.45, 7) is 7.83. The molecule has 29 heavy (non-hydrogen) atoms. The van der Waals surface area contributed by atoms with Crippen molar-refractivity contribution in [1.29, 1.82) is 5.26 Å². The molecule has 156 valence electrons. The van der Waals surface area contributed by atoms with Gasteiger partial charge < -0.3 is 14.6 Å². The normalized spacial score (nSPS) is 17.9. The molecule has 1 aromatic rings. The molecule has 1 aromatic heterocycles. The fourth-order valence-corrected chi connectivity index (χ4v) is 4.68. The Morgan fingerprint density at radius 1 is 1.48 bits per heavy atom. The Morgan fingerprint density at radius 3 is 2.86 bits per heavy atom. The third kappa shape index (κ3) is 5.68. The number of halogens is 1. The molecule has 0 saturated carbocycles. The van der Waals surface area contributed by atoms with Crippen LogP contribution in [0.5, 0.6) is 0 Å². The fourth-order valence-electron chi connectivity index (χ4n) is 3.09. The number of nitriles is 1. The summed E-state index contributed by atoms with van der Waals surface area (Å²) in [5, 5.41) is 10.1. The predicted octanol–water partition coefficient (Wildman–Crippen LogP) is 4.37. The molecule has 8 heteroatoms. The highest BCUT2D eigenvalue weighted by Gasteiger charge is 2.39. The molecule has 1 aliphatic heterocycles. The molecule has 1 aliphatic rings. The van der Waals surface area contributed by atoms with E-state index in [4.69, 9.17) is 16.3 Å². The Kier molecular flexibility index (Phi) is 8.87. The van der Waals surface area contributed by atoms with Crippen LogP contribution in [0.3, 0.4) is 0 Å². The quantitative estimate of drug-likeness (QED) is 0.255. The zero-order valence-electron chi connectivity index (χ0n) is 16.8. The smallest absolute Gasteiger partial charge is 0.351 e. The second-order valence-electron chi connectivity index (χ2n) is 6.64. The van der Waals surface area contributed by atoms with Crippen LogP contribution in [-0.2, 0) is 27.2 Å². The SMILES string of the molecule is C=CCOC(=O)/C(C#N)=C1\SC(CCc2cc(CCCC)[nH]c2Cl)C(=O)N1CC. The van der Waals surface area contributed by atoms with Crippen LogP contribution in [0.15, 0.2) is 29.3 Å². The van der Waals surface area contributed by atoms with Crippen LogP contribution in [0.4, 0.5) is 0 Å². The van der Waals surface area contributed by atoms with Crippen LogP contribution in [0.25, 0.3) is 0 Å². The highest BCUT2D eigenvalue weighted by molar-refractivity contribution is 8.04. The van der Waals surface area contributed by atoms with Crippen molar-refractivity contribution < 1.29 is 14.3 Å². The maximum absolute atomic E-state index is 12.8. The summed E-state index contributed by atoms with van der Waals surface area (Å²) in [5.41, 5.74) is 1.94. The average molecular weight is 436 g/mol. The molecule has 1 fully saturated rings. The van der Waals surface area contributed by atoms with E-state index in [1.165, 1.54) is 22.7 Å². The number of hydrogen-bond acceptors (Lipinski definition) is 5. The van der Waals surface area contributed by atoms with E-state index in [1.54, 1.807) is 0 Å². The van der Waals surface area contributed by atoms with Gasteiger partial charge in [0.25, 0.3) is 0 Å². The molecule has 1 unspecified atom stereocenters. The maximum Gasteiger partial charge on any atom is 0.351 e. The number of hydrogen-bond donors (Lipinski definition) is 1. The zero-order valence-corrected chi connectivity index (χ0v) is 18.4. The molecular formula is C21H26ClN3O3S. The highest BCUT2D eigenvalue weighted by Crippen LogP contribution is 2.39. The lowest BCUT2D eigenvalue weighted by Crippen LogP contribution is -2.29. The number of aromatic nitrogens is 1. The van der Waals surface area contributed by atoms with E-state index >= 15 is 0 Å². The third-order valence-corrected chi connectivity index (χ3v) is 6.30. The van der Waals surface area contributed by atoms with Crippen molar-refractivity contribution in [3.63, 3.8) is 0 Å². The van der Waals surface area contributed by atoms with E-state index in [0.717, 1.165) is 30.5 Å². The average Bonchev–Trinajstić information content (AvgIpc) is 3.22. The number of nitrogens with one attached hydrogen (secondary N) is 1. The van der Waals surface area contributed by atoms with E-state index in [-0.39, 0.29) is 23.3 Å².